The number of aliphatic hydroxyl groups is 1. The second kappa shape index (κ2) is 11.8. The monoisotopic (exact) mass is 583 g/mol. The van der Waals surface area contributed by atoms with Gasteiger partial charge in [-0.15, -0.1) is 0 Å². The van der Waals surface area contributed by atoms with E-state index >= 15 is 0 Å². The van der Waals surface area contributed by atoms with Gasteiger partial charge in [-0.3, -0.25) is 4.79 Å². The number of sulfonamides is 1. The molecular formula is C29H37N5O6S. The molecule has 0 aliphatic carbocycles. The van der Waals surface area contributed by atoms with E-state index in [1.54, 1.807) is 43.3 Å². The lowest BCUT2D eigenvalue weighted by molar-refractivity contribution is 0.0154. The third-order valence-electron chi connectivity index (χ3n) is 7.93. The fraction of sp³-hybridized carbons (Fsp3) is 0.448. The SMILES string of the molecule is COc1cccc(-c2ccc3c(c2)OCC2(CCN(C(=O)c4nccn4C)CC2)CN(C)CC(O)CNS3(=O)=O)c1. The molecule has 1 atom stereocenters. The zero-order chi connectivity index (χ0) is 29.2. The highest BCUT2D eigenvalue weighted by Gasteiger charge is 2.39. The van der Waals surface area contributed by atoms with Gasteiger partial charge in [0, 0.05) is 57.6 Å². The van der Waals surface area contributed by atoms with Crippen LogP contribution in [-0.4, -0.2) is 98.4 Å². The average molecular weight is 584 g/mol. The average Bonchev–Trinajstić information content (AvgIpc) is 3.40. The molecule has 0 bridgehead atoms. The summed E-state index contributed by atoms with van der Waals surface area (Å²) in [5.41, 5.74) is 1.27. The van der Waals surface area contributed by atoms with Crippen LogP contribution in [0, 0.1) is 5.41 Å². The number of aliphatic hydroxyl groups excluding tert-OH is 1. The Kier molecular flexibility index (Phi) is 8.37. The maximum absolute atomic E-state index is 13.3. The minimum absolute atomic E-state index is 0.0165. The number of likely N-dealkylation sites (tertiary alicyclic amines) is 1. The van der Waals surface area contributed by atoms with Crippen LogP contribution >= 0.6 is 0 Å². The minimum Gasteiger partial charge on any atom is -0.497 e. The molecule has 1 fully saturated rings. The molecule has 3 heterocycles. The number of nitrogens with one attached hydrogen (secondary N) is 1. The van der Waals surface area contributed by atoms with E-state index in [1.165, 1.54) is 6.07 Å². The molecule has 2 aromatic carbocycles. The summed E-state index contributed by atoms with van der Waals surface area (Å²) >= 11 is 0. The third kappa shape index (κ3) is 6.40. The first-order chi connectivity index (χ1) is 19.6. The Morgan fingerprint density at radius 1 is 1.15 bits per heavy atom. The summed E-state index contributed by atoms with van der Waals surface area (Å²) in [5.74, 6) is 1.21. The van der Waals surface area contributed by atoms with Gasteiger partial charge in [0.1, 0.15) is 16.4 Å². The number of aryl methyl sites for hydroxylation is 1. The Bertz CT molecular complexity index is 1500. The first-order valence-corrected chi connectivity index (χ1v) is 15.1. The van der Waals surface area contributed by atoms with Gasteiger partial charge in [0.05, 0.1) is 19.8 Å². The van der Waals surface area contributed by atoms with Gasteiger partial charge in [0.15, 0.2) is 5.82 Å². The summed E-state index contributed by atoms with van der Waals surface area (Å²) in [4.78, 5) is 21.1. The van der Waals surface area contributed by atoms with Crippen molar-refractivity contribution in [3.8, 4) is 22.6 Å². The zero-order valence-corrected chi connectivity index (χ0v) is 24.4. The fourth-order valence-electron chi connectivity index (χ4n) is 5.65. The number of hydrogen-bond acceptors (Lipinski definition) is 8. The smallest absolute Gasteiger partial charge is 0.289 e. The summed E-state index contributed by atoms with van der Waals surface area (Å²) in [6.45, 7) is 2.07. The summed E-state index contributed by atoms with van der Waals surface area (Å²) < 4.78 is 42.7. The Labute approximate surface area is 240 Å². The first-order valence-electron chi connectivity index (χ1n) is 13.6. The lowest BCUT2D eigenvalue weighted by atomic mass is 9.78. The lowest BCUT2D eigenvalue weighted by Crippen LogP contribution is -2.51. The number of nitrogens with zero attached hydrogens (tertiary/aromatic N) is 4. The normalized spacial score (nSPS) is 21.3. The zero-order valence-electron chi connectivity index (χ0n) is 23.6. The van der Waals surface area contributed by atoms with Crippen molar-refractivity contribution in [3.05, 3.63) is 60.7 Å². The molecule has 2 N–H and O–H groups in total. The van der Waals surface area contributed by atoms with Crippen LogP contribution in [0.15, 0.2) is 59.8 Å². The van der Waals surface area contributed by atoms with Crippen LogP contribution in [0.2, 0.25) is 0 Å². The van der Waals surface area contributed by atoms with Gasteiger partial charge >= 0.3 is 0 Å². The van der Waals surface area contributed by atoms with Crippen molar-refractivity contribution < 1.29 is 27.8 Å². The van der Waals surface area contributed by atoms with Crippen molar-refractivity contribution in [2.45, 2.75) is 23.8 Å². The maximum atomic E-state index is 13.3. The summed E-state index contributed by atoms with van der Waals surface area (Å²) in [5, 5.41) is 10.6. The molecule has 1 saturated heterocycles. The predicted molar refractivity (Wildman–Crippen MR) is 153 cm³/mol. The third-order valence-corrected chi connectivity index (χ3v) is 9.39. The molecule has 1 spiro atoms. The molecule has 12 heteroatoms. The van der Waals surface area contributed by atoms with Crippen molar-refractivity contribution in [1.82, 2.24) is 24.1 Å². The van der Waals surface area contributed by atoms with Gasteiger partial charge in [-0.25, -0.2) is 18.1 Å². The molecule has 1 amide bonds. The Balaban J connectivity index is 1.46. The van der Waals surface area contributed by atoms with Gasteiger partial charge in [-0.2, -0.15) is 0 Å². The highest BCUT2D eigenvalue weighted by atomic mass is 32.2. The number of hydrogen-bond donors (Lipinski definition) is 2. The second-order valence-corrected chi connectivity index (χ2v) is 12.8. The molecular weight excluding hydrogens is 546 g/mol. The van der Waals surface area contributed by atoms with E-state index in [-0.39, 0.29) is 35.1 Å². The molecule has 41 heavy (non-hydrogen) atoms. The molecule has 1 aromatic heterocycles. The number of piperidine rings is 1. The highest BCUT2D eigenvalue weighted by molar-refractivity contribution is 7.89. The van der Waals surface area contributed by atoms with Gasteiger partial charge in [-0.05, 0) is 55.3 Å². The minimum atomic E-state index is -3.96. The number of carbonyl (C=O) groups excluding carboxylic acids is 1. The molecule has 11 nitrogen and oxygen atoms in total. The number of rotatable bonds is 3. The number of amides is 1. The van der Waals surface area contributed by atoms with Gasteiger partial charge in [-0.1, -0.05) is 18.2 Å². The fourth-order valence-corrected chi connectivity index (χ4v) is 6.84. The number of methoxy groups -OCH3 is 1. The van der Waals surface area contributed by atoms with E-state index in [4.69, 9.17) is 9.47 Å². The van der Waals surface area contributed by atoms with E-state index in [0.717, 1.165) is 11.1 Å². The number of aromatic nitrogens is 2. The van der Waals surface area contributed by atoms with Gasteiger partial charge < -0.3 is 28.9 Å². The molecule has 0 radical (unpaired) electrons. The van der Waals surface area contributed by atoms with Crippen LogP contribution < -0.4 is 14.2 Å². The lowest BCUT2D eigenvalue weighted by Gasteiger charge is -2.43. The van der Waals surface area contributed by atoms with Crippen molar-refractivity contribution in [2.75, 3.05) is 53.5 Å². The largest absolute Gasteiger partial charge is 0.497 e. The number of fused-ring (bicyclic) bond motifs is 1. The van der Waals surface area contributed by atoms with Gasteiger partial charge in [0.25, 0.3) is 5.91 Å². The second-order valence-electron chi connectivity index (χ2n) is 11.0. The summed E-state index contributed by atoms with van der Waals surface area (Å²) in [6, 6.07) is 12.5. The van der Waals surface area contributed by atoms with Gasteiger partial charge in [0.2, 0.25) is 10.0 Å². The van der Waals surface area contributed by atoms with E-state index < -0.39 is 16.1 Å². The first kappa shape index (κ1) is 29.1. The number of benzene rings is 2. The van der Waals surface area contributed by atoms with Crippen LogP contribution in [-0.2, 0) is 17.1 Å². The van der Waals surface area contributed by atoms with E-state index in [0.29, 0.717) is 50.6 Å². The summed E-state index contributed by atoms with van der Waals surface area (Å²) in [6.07, 6.45) is 3.77. The molecule has 2 aliphatic heterocycles. The van der Waals surface area contributed by atoms with Crippen molar-refractivity contribution in [1.29, 1.82) is 0 Å². The van der Waals surface area contributed by atoms with E-state index in [9.17, 15) is 18.3 Å². The molecule has 1 unspecified atom stereocenters. The van der Waals surface area contributed by atoms with Crippen LogP contribution in [0.4, 0.5) is 0 Å². The van der Waals surface area contributed by atoms with E-state index in [1.807, 2.05) is 41.1 Å². The molecule has 2 aliphatic rings. The quantitative estimate of drug-likeness (QED) is 0.480. The predicted octanol–water partition coefficient (Wildman–Crippen LogP) is 1.98. The molecule has 220 valence electrons. The van der Waals surface area contributed by atoms with Crippen LogP contribution in [0.25, 0.3) is 11.1 Å². The highest BCUT2D eigenvalue weighted by Crippen LogP contribution is 2.37. The maximum Gasteiger partial charge on any atom is 0.289 e. The van der Waals surface area contributed by atoms with Crippen molar-refractivity contribution in [2.24, 2.45) is 12.5 Å². The Hall–Kier alpha value is -3.45. The molecule has 3 aromatic rings. The standard InChI is InChI=1S/C29H37N5O6S/c1-32-18-23(35)17-31-41(37,38)26-8-7-22(21-5-4-6-24(15-21)39-3)16-25(26)40-20-29(19-32)9-12-34(13-10-29)28(36)27-30-11-14-33(27)2/h4-8,11,14-16,23,31,35H,9-10,12-13,17-20H2,1-3H3. The van der Waals surface area contributed by atoms with E-state index in [2.05, 4.69) is 9.71 Å². The number of β-amino-alcohol motifs (C(OH)–C–C–N with tert-alkyl or cyclic N) is 1. The van der Waals surface area contributed by atoms with Crippen molar-refractivity contribution >= 4 is 15.9 Å². The number of likely N-dealkylation sites (N-methyl/N-ethyl adjacent to an activating group) is 1. The van der Waals surface area contributed by atoms with Crippen LogP contribution in [0.1, 0.15) is 23.5 Å². The Morgan fingerprint density at radius 2 is 1.90 bits per heavy atom. The molecule has 0 saturated carbocycles. The topological polar surface area (TPSA) is 126 Å². The van der Waals surface area contributed by atoms with Crippen LogP contribution in [0.3, 0.4) is 0 Å². The number of imidazole rings is 1. The number of ether oxygens (including phenoxy) is 2. The van der Waals surface area contributed by atoms with Crippen molar-refractivity contribution in [3.63, 3.8) is 0 Å². The number of carbonyl (C=O) groups is 1. The van der Waals surface area contributed by atoms with Crippen LogP contribution in [0.5, 0.6) is 11.5 Å². The summed E-state index contributed by atoms with van der Waals surface area (Å²) in [7, 11) is 1.34. The molecule has 5 rings (SSSR count). The Morgan fingerprint density at radius 3 is 2.61 bits per heavy atom.